The number of halogens is 2. The van der Waals surface area contributed by atoms with E-state index in [9.17, 15) is 0 Å². The smallest absolute Gasteiger partial charge is 0.0548 e. The molecule has 2 rings (SSSR count). The van der Waals surface area contributed by atoms with E-state index in [4.69, 9.17) is 17.3 Å². The van der Waals surface area contributed by atoms with Crippen molar-refractivity contribution in [3.8, 4) is 0 Å². The van der Waals surface area contributed by atoms with Gasteiger partial charge in [0.25, 0.3) is 0 Å². The van der Waals surface area contributed by atoms with E-state index in [-0.39, 0.29) is 6.04 Å². The molecule has 0 aliphatic heterocycles. The van der Waals surface area contributed by atoms with Crippen LogP contribution in [0.3, 0.4) is 0 Å². The number of hydrogen-bond donors (Lipinski definition) is 1. The number of benzene rings is 1. The van der Waals surface area contributed by atoms with Crippen molar-refractivity contribution in [2.24, 2.45) is 11.7 Å². The Bertz CT molecular complexity index is 458. The Labute approximate surface area is 142 Å². The molecule has 4 heteroatoms. The third kappa shape index (κ3) is 4.44. The summed E-state index contributed by atoms with van der Waals surface area (Å²) in [4.78, 5) is 2.63. The minimum absolute atomic E-state index is 0.282. The van der Waals surface area contributed by atoms with Crippen molar-refractivity contribution in [3.05, 3.63) is 33.3 Å². The number of rotatable bonds is 6. The van der Waals surface area contributed by atoms with E-state index in [1.165, 1.54) is 31.2 Å². The van der Waals surface area contributed by atoms with Gasteiger partial charge in [-0.25, -0.2) is 0 Å². The minimum atomic E-state index is 0.282. The number of nitrogens with two attached hydrogens (primary N) is 1. The van der Waals surface area contributed by atoms with Crippen LogP contribution in [0.2, 0.25) is 5.02 Å². The number of hydrogen-bond acceptors (Lipinski definition) is 2. The van der Waals surface area contributed by atoms with Crippen LogP contribution in [-0.4, -0.2) is 24.0 Å². The van der Waals surface area contributed by atoms with Gasteiger partial charge in [-0.3, -0.25) is 4.90 Å². The highest BCUT2D eigenvalue weighted by molar-refractivity contribution is 9.10. The average Bonchev–Trinajstić information content (AvgIpc) is 2.96. The van der Waals surface area contributed by atoms with Crippen molar-refractivity contribution in [1.82, 2.24) is 4.90 Å². The fourth-order valence-corrected chi connectivity index (χ4v) is 3.88. The molecular formula is C17H26BrClN2. The van der Waals surface area contributed by atoms with E-state index in [1.54, 1.807) is 0 Å². The van der Waals surface area contributed by atoms with E-state index in [0.29, 0.717) is 18.5 Å². The normalized spacial score (nSPS) is 17.9. The topological polar surface area (TPSA) is 29.3 Å². The van der Waals surface area contributed by atoms with Crippen LogP contribution in [0.4, 0.5) is 0 Å². The van der Waals surface area contributed by atoms with E-state index in [1.807, 2.05) is 6.07 Å². The van der Waals surface area contributed by atoms with Crippen LogP contribution in [0.1, 0.15) is 51.1 Å². The monoisotopic (exact) mass is 372 g/mol. The largest absolute Gasteiger partial charge is 0.329 e. The molecular weight excluding hydrogens is 348 g/mol. The molecule has 2 nitrogen and oxygen atoms in total. The maximum Gasteiger partial charge on any atom is 0.0548 e. The summed E-state index contributed by atoms with van der Waals surface area (Å²) in [6, 6.07) is 7.17. The first-order valence-electron chi connectivity index (χ1n) is 7.93. The van der Waals surface area contributed by atoms with Gasteiger partial charge in [-0.15, -0.1) is 0 Å². The summed E-state index contributed by atoms with van der Waals surface area (Å²) < 4.78 is 0.955. The maximum absolute atomic E-state index is 6.15. The van der Waals surface area contributed by atoms with E-state index < -0.39 is 0 Å². The second kappa shape index (κ2) is 7.96. The van der Waals surface area contributed by atoms with Crippen LogP contribution >= 0.6 is 27.5 Å². The van der Waals surface area contributed by atoms with Gasteiger partial charge in [0.15, 0.2) is 0 Å². The van der Waals surface area contributed by atoms with E-state index in [0.717, 1.165) is 16.0 Å². The summed E-state index contributed by atoms with van der Waals surface area (Å²) in [5, 5.41) is 0.755. The second-order valence-electron chi connectivity index (χ2n) is 6.45. The molecule has 1 aromatic carbocycles. The number of nitrogens with zero attached hydrogens (tertiary/aromatic N) is 1. The van der Waals surface area contributed by atoms with Crippen LogP contribution in [0.5, 0.6) is 0 Å². The maximum atomic E-state index is 6.15. The van der Waals surface area contributed by atoms with Gasteiger partial charge in [0.2, 0.25) is 0 Å². The van der Waals surface area contributed by atoms with Crippen molar-refractivity contribution in [2.45, 2.75) is 51.6 Å². The molecule has 0 saturated heterocycles. The molecule has 0 bridgehead atoms. The van der Waals surface area contributed by atoms with Crippen molar-refractivity contribution < 1.29 is 0 Å². The molecule has 0 amide bonds. The van der Waals surface area contributed by atoms with Crippen LogP contribution in [-0.2, 0) is 0 Å². The lowest BCUT2D eigenvalue weighted by atomic mass is 10.0. The predicted molar refractivity (Wildman–Crippen MR) is 94.7 cm³/mol. The average molecular weight is 374 g/mol. The van der Waals surface area contributed by atoms with Crippen molar-refractivity contribution >= 4 is 27.5 Å². The SMILES string of the molecule is CC(C)CN(C1CCCC1)C(CN)c1ccc(Cl)c(Br)c1. The summed E-state index contributed by atoms with van der Waals surface area (Å²) in [6.45, 7) is 6.32. The molecule has 0 spiro atoms. The fourth-order valence-electron chi connectivity index (χ4n) is 3.37. The van der Waals surface area contributed by atoms with Gasteiger partial charge in [0.05, 0.1) is 5.02 Å². The lowest BCUT2D eigenvalue weighted by Gasteiger charge is -2.37. The summed E-state index contributed by atoms with van der Waals surface area (Å²) in [5.74, 6) is 0.649. The Morgan fingerprint density at radius 1 is 1.33 bits per heavy atom. The predicted octanol–water partition coefficient (Wildman–Crippen LogP) is 5.00. The quantitative estimate of drug-likeness (QED) is 0.760. The van der Waals surface area contributed by atoms with Crippen molar-refractivity contribution in [2.75, 3.05) is 13.1 Å². The van der Waals surface area contributed by atoms with E-state index in [2.05, 4.69) is 46.8 Å². The minimum Gasteiger partial charge on any atom is -0.329 e. The standard InChI is InChI=1S/C17H26BrClN2/c1-12(2)11-21(14-5-3-4-6-14)17(10-20)13-7-8-16(19)15(18)9-13/h7-9,12,14,17H,3-6,10-11,20H2,1-2H3. The Hall–Kier alpha value is -0.0900. The zero-order valence-electron chi connectivity index (χ0n) is 13.0. The first-order valence-corrected chi connectivity index (χ1v) is 9.10. The molecule has 1 aromatic rings. The van der Waals surface area contributed by atoms with Crippen LogP contribution in [0.15, 0.2) is 22.7 Å². The molecule has 2 N–H and O–H groups in total. The lowest BCUT2D eigenvalue weighted by Crippen LogP contribution is -2.42. The molecule has 1 fully saturated rings. The Balaban J connectivity index is 2.26. The van der Waals surface area contributed by atoms with Crippen LogP contribution < -0.4 is 5.73 Å². The Morgan fingerprint density at radius 3 is 2.52 bits per heavy atom. The highest BCUT2D eigenvalue weighted by Gasteiger charge is 2.29. The zero-order valence-corrected chi connectivity index (χ0v) is 15.3. The van der Waals surface area contributed by atoms with Gasteiger partial charge >= 0.3 is 0 Å². The molecule has 0 heterocycles. The highest BCUT2D eigenvalue weighted by atomic mass is 79.9. The van der Waals surface area contributed by atoms with Gasteiger partial charge in [-0.2, -0.15) is 0 Å². The molecule has 0 aromatic heterocycles. The third-order valence-electron chi connectivity index (χ3n) is 4.32. The van der Waals surface area contributed by atoms with Gasteiger partial charge in [0, 0.05) is 29.6 Å². The van der Waals surface area contributed by atoms with Gasteiger partial charge < -0.3 is 5.73 Å². The third-order valence-corrected chi connectivity index (χ3v) is 5.54. The van der Waals surface area contributed by atoms with Gasteiger partial charge in [-0.05, 0) is 52.4 Å². The highest BCUT2D eigenvalue weighted by Crippen LogP contribution is 2.33. The molecule has 1 aliphatic rings. The van der Waals surface area contributed by atoms with Crippen molar-refractivity contribution in [3.63, 3.8) is 0 Å². The zero-order chi connectivity index (χ0) is 15.4. The summed E-state index contributed by atoms with van der Waals surface area (Å²) >= 11 is 9.66. The molecule has 1 saturated carbocycles. The fraction of sp³-hybridized carbons (Fsp3) is 0.647. The molecule has 1 aliphatic carbocycles. The first-order chi connectivity index (χ1) is 10.0. The molecule has 0 radical (unpaired) electrons. The lowest BCUT2D eigenvalue weighted by molar-refractivity contribution is 0.121. The summed E-state index contributed by atoms with van der Waals surface area (Å²) in [6.07, 6.45) is 5.30. The first kappa shape index (κ1) is 17.3. The Morgan fingerprint density at radius 2 is 2.00 bits per heavy atom. The molecule has 21 heavy (non-hydrogen) atoms. The molecule has 1 atom stereocenters. The molecule has 118 valence electrons. The Kier molecular flexibility index (Phi) is 6.54. The van der Waals surface area contributed by atoms with E-state index >= 15 is 0 Å². The second-order valence-corrected chi connectivity index (χ2v) is 7.72. The molecule has 1 unspecified atom stereocenters. The summed E-state index contributed by atoms with van der Waals surface area (Å²) in [7, 11) is 0. The van der Waals surface area contributed by atoms with Crippen LogP contribution in [0, 0.1) is 5.92 Å². The van der Waals surface area contributed by atoms with Gasteiger partial charge in [0.1, 0.15) is 0 Å². The van der Waals surface area contributed by atoms with Crippen molar-refractivity contribution in [1.29, 1.82) is 0 Å². The van der Waals surface area contributed by atoms with Gasteiger partial charge in [-0.1, -0.05) is 44.4 Å². The van der Waals surface area contributed by atoms with Crippen LogP contribution in [0.25, 0.3) is 0 Å². The summed E-state index contributed by atoms with van der Waals surface area (Å²) in [5.41, 5.74) is 7.41.